The number of amides is 1. The molecule has 0 saturated heterocycles. The normalized spacial score (nSPS) is 12.1. The van der Waals surface area contributed by atoms with Gasteiger partial charge in [0.15, 0.2) is 18.0 Å². The van der Waals surface area contributed by atoms with Gasteiger partial charge in [-0.15, -0.1) is 0 Å². The fourth-order valence-electron chi connectivity index (χ4n) is 4.24. The van der Waals surface area contributed by atoms with Crippen molar-refractivity contribution >= 4 is 28.5 Å². The summed E-state index contributed by atoms with van der Waals surface area (Å²) in [6.07, 6.45) is 4.56. The largest absolute Gasteiger partial charge is 0.619 e. The highest BCUT2D eigenvalue weighted by molar-refractivity contribution is 6.31. The van der Waals surface area contributed by atoms with Crippen LogP contribution in [0.25, 0.3) is 11.0 Å². The van der Waals surface area contributed by atoms with Gasteiger partial charge in [-0.2, -0.15) is 4.73 Å². The Bertz CT molecular complexity index is 1440. The van der Waals surface area contributed by atoms with E-state index in [9.17, 15) is 14.8 Å². The molecule has 37 heavy (non-hydrogen) atoms. The van der Waals surface area contributed by atoms with E-state index in [0.29, 0.717) is 46.0 Å². The van der Waals surface area contributed by atoms with Gasteiger partial charge in [0.05, 0.1) is 28.6 Å². The zero-order valence-electron chi connectivity index (χ0n) is 21.0. The molecule has 0 aliphatic rings. The summed E-state index contributed by atoms with van der Waals surface area (Å²) < 4.78 is 2.24. The lowest BCUT2D eigenvalue weighted by Gasteiger charge is -2.33. The Labute approximate surface area is 220 Å². The molecule has 3 aromatic heterocycles. The first-order chi connectivity index (χ1) is 17.8. The zero-order chi connectivity index (χ0) is 26.5. The van der Waals surface area contributed by atoms with E-state index in [1.54, 1.807) is 15.5 Å². The fourth-order valence-corrected chi connectivity index (χ4v) is 4.40. The first-order valence-corrected chi connectivity index (χ1v) is 12.4. The van der Waals surface area contributed by atoms with Gasteiger partial charge in [0, 0.05) is 31.4 Å². The molecule has 3 heterocycles. The summed E-state index contributed by atoms with van der Waals surface area (Å²) in [7, 11) is 3.86. The smallest absolute Gasteiger partial charge is 0.263 e. The molecule has 0 spiro atoms. The molecule has 0 radical (unpaired) electrons. The molecule has 4 aromatic rings. The molecule has 1 atom stereocenters. The van der Waals surface area contributed by atoms with Crippen LogP contribution in [-0.4, -0.2) is 57.4 Å². The van der Waals surface area contributed by atoms with Crippen molar-refractivity contribution in [1.82, 2.24) is 24.3 Å². The van der Waals surface area contributed by atoms with Crippen molar-refractivity contribution in [2.75, 3.05) is 27.2 Å². The second kappa shape index (κ2) is 11.5. The quantitative estimate of drug-likeness (QED) is 0.248. The molecule has 0 aliphatic heterocycles. The standard InChI is InChI=1S/C27H29ClN6O3/c1-4-23(33(15-14-31(2)3)26(35)20-10-12-32(37)13-11-20)25-30-24-22(16-21(28)17-29-24)27(36)34(25)18-19-8-6-5-7-9-19/h5-13,16-17,23H,4,14-15,18H2,1-3H3. The minimum Gasteiger partial charge on any atom is -0.619 e. The van der Waals surface area contributed by atoms with Gasteiger partial charge in [0.25, 0.3) is 11.5 Å². The summed E-state index contributed by atoms with van der Waals surface area (Å²) in [5, 5.41) is 12.2. The molecule has 4 rings (SSSR count). The topological polar surface area (TPSA) is 98.3 Å². The Morgan fingerprint density at radius 3 is 2.49 bits per heavy atom. The maximum Gasteiger partial charge on any atom is 0.263 e. The van der Waals surface area contributed by atoms with Crippen LogP contribution in [-0.2, 0) is 6.54 Å². The van der Waals surface area contributed by atoms with Crippen LogP contribution >= 0.6 is 11.6 Å². The van der Waals surface area contributed by atoms with Gasteiger partial charge in [-0.05, 0) is 32.1 Å². The van der Waals surface area contributed by atoms with Crippen molar-refractivity contribution in [2.45, 2.75) is 25.9 Å². The average molecular weight is 521 g/mol. The molecule has 1 aromatic carbocycles. The Kier molecular flexibility index (Phi) is 8.15. The molecular weight excluding hydrogens is 492 g/mol. The van der Waals surface area contributed by atoms with E-state index < -0.39 is 6.04 Å². The van der Waals surface area contributed by atoms with Crippen LogP contribution in [0.5, 0.6) is 0 Å². The predicted octanol–water partition coefficient (Wildman–Crippen LogP) is 3.28. The highest BCUT2D eigenvalue weighted by Gasteiger charge is 2.30. The summed E-state index contributed by atoms with van der Waals surface area (Å²) >= 11 is 6.15. The predicted molar refractivity (Wildman–Crippen MR) is 142 cm³/mol. The number of benzene rings is 1. The zero-order valence-corrected chi connectivity index (χ0v) is 21.8. The number of carbonyl (C=O) groups excluding carboxylic acids is 1. The number of rotatable bonds is 9. The van der Waals surface area contributed by atoms with Crippen molar-refractivity contribution < 1.29 is 9.52 Å². The van der Waals surface area contributed by atoms with E-state index in [-0.39, 0.29) is 23.7 Å². The maximum atomic E-state index is 13.8. The van der Waals surface area contributed by atoms with Gasteiger partial charge in [-0.3, -0.25) is 14.2 Å². The summed E-state index contributed by atoms with van der Waals surface area (Å²) in [6, 6.07) is 13.7. The second-order valence-corrected chi connectivity index (χ2v) is 9.48. The molecule has 1 unspecified atom stereocenters. The lowest BCUT2D eigenvalue weighted by Crippen LogP contribution is -2.42. The number of hydrogen-bond donors (Lipinski definition) is 0. The Balaban J connectivity index is 1.89. The first kappa shape index (κ1) is 26.2. The molecule has 0 bridgehead atoms. The van der Waals surface area contributed by atoms with Crippen LogP contribution in [0.2, 0.25) is 5.02 Å². The first-order valence-electron chi connectivity index (χ1n) is 12.0. The van der Waals surface area contributed by atoms with Crippen LogP contribution in [0, 0.1) is 5.21 Å². The molecule has 0 N–H and O–H groups in total. The fraction of sp³-hybridized carbons (Fsp3) is 0.296. The Morgan fingerprint density at radius 1 is 1.14 bits per heavy atom. The van der Waals surface area contributed by atoms with Crippen molar-refractivity contribution in [3.8, 4) is 0 Å². The third kappa shape index (κ3) is 5.95. The van der Waals surface area contributed by atoms with Gasteiger partial charge in [0.2, 0.25) is 0 Å². The van der Waals surface area contributed by atoms with Crippen LogP contribution < -0.4 is 10.3 Å². The molecule has 0 fully saturated rings. The SMILES string of the molecule is CCC(c1nc2ncc(Cl)cc2c(=O)n1Cc1ccccc1)N(CCN(C)C)C(=O)c1cc[n+]([O-])cc1. The summed E-state index contributed by atoms with van der Waals surface area (Å²) in [5.41, 5.74) is 1.31. The van der Waals surface area contributed by atoms with Crippen LogP contribution in [0.1, 0.15) is 41.1 Å². The number of nitrogens with zero attached hydrogens (tertiary/aromatic N) is 6. The third-order valence-electron chi connectivity index (χ3n) is 6.15. The molecule has 0 saturated carbocycles. The van der Waals surface area contributed by atoms with E-state index in [1.165, 1.54) is 30.7 Å². The molecule has 10 heteroatoms. The summed E-state index contributed by atoms with van der Waals surface area (Å²) in [5.74, 6) is 0.194. The average Bonchev–Trinajstić information content (AvgIpc) is 2.89. The van der Waals surface area contributed by atoms with E-state index in [0.717, 1.165) is 5.56 Å². The number of pyridine rings is 2. The number of hydrogen-bond acceptors (Lipinski definition) is 6. The summed E-state index contributed by atoms with van der Waals surface area (Å²) in [6.45, 7) is 3.22. The van der Waals surface area contributed by atoms with E-state index in [1.807, 2.05) is 56.3 Å². The van der Waals surface area contributed by atoms with Crippen LogP contribution in [0.3, 0.4) is 0 Å². The lowest BCUT2D eigenvalue weighted by molar-refractivity contribution is -0.605. The Morgan fingerprint density at radius 2 is 1.84 bits per heavy atom. The van der Waals surface area contributed by atoms with Gasteiger partial charge in [-0.25, -0.2) is 9.97 Å². The maximum absolute atomic E-state index is 13.8. The monoisotopic (exact) mass is 520 g/mol. The number of aromatic nitrogens is 4. The molecular formula is C27H29ClN6O3. The Hall–Kier alpha value is -3.82. The van der Waals surface area contributed by atoms with Gasteiger partial charge >= 0.3 is 0 Å². The second-order valence-electron chi connectivity index (χ2n) is 9.04. The van der Waals surface area contributed by atoms with Gasteiger partial charge < -0.3 is 15.0 Å². The van der Waals surface area contributed by atoms with Gasteiger partial charge in [-0.1, -0.05) is 48.9 Å². The number of halogens is 1. The summed E-state index contributed by atoms with van der Waals surface area (Å²) in [4.78, 5) is 40.3. The van der Waals surface area contributed by atoms with E-state index in [2.05, 4.69) is 4.98 Å². The highest BCUT2D eigenvalue weighted by atomic mass is 35.5. The van der Waals surface area contributed by atoms with Crippen LogP contribution in [0.4, 0.5) is 0 Å². The number of likely N-dealkylation sites (N-methyl/N-ethyl adjacent to an activating group) is 1. The highest BCUT2D eigenvalue weighted by Crippen LogP contribution is 2.26. The third-order valence-corrected chi connectivity index (χ3v) is 6.35. The molecule has 0 aliphatic carbocycles. The minimum atomic E-state index is -0.523. The van der Waals surface area contributed by atoms with Crippen molar-refractivity contribution in [1.29, 1.82) is 0 Å². The van der Waals surface area contributed by atoms with Crippen molar-refractivity contribution in [3.63, 3.8) is 0 Å². The number of fused-ring (bicyclic) bond motifs is 1. The molecule has 1 amide bonds. The van der Waals surface area contributed by atoms with Crippen LogP contribution in [0.15, 0.2) is 71.9 Å². The molecule has 9 nitrogen and oxygen atoms in total. The minimum absolute atomic E-state index is 0.251. The van der Waals surface area contributed by atoms with E-state index in [4.69, 9.17) is 16.6 Å². The number of carbonyl (C=O) groups is 1. The molecule has 192 valence electrons. The van der Waals surface area contributed by atoms with Gasteiger partial charge in [0.1, 0.15) is 5.82 Å². The van der Waals surface area contributed by atoms with E-state index >= 15 is 0 Å². The van der Waals surface area contributed by atoms with Crippen molar-refractivity contribution in [2.24, 2.45) is 0 Å². The van der Waals surface area contributed by atoms with Crippen molar-refractivity contribution in [3.05, 3.63) is 105 Å². The lowest BCUT2D eigenvalue weighted by atomic mass is 10.1.